The van der Waals surface area contributed by atoms with E-state index in [0.717, 1.165) is 42.4 Å². The van der Waals surface area contributed by atoms with Crippen LogP contribution in [0.1, 0.15) is 67.7 Å². The summed E-state index contributed by atoms with van der Waals surface area (Å²) in [5, 5.41) is 0. The SMILES string of the molecule is CCOCc1ccc(-c2ccc(CCc3ccc(C4CCC(C)CC4)c(F)c3F)cc2)c(F)c1. The normalized spacial score (nSPS) is 18.3. The van der Waals surface area contributed by atoms with Gasteiger partial charge in [0, 0.05) is 12.2 Å². The molecule has 1 aliphatic rings. The van der Waals surface area contributed by atoms with Gasteiger partial charge in [0.1, 0.15) is 5.82 Å². The summed E-state index contributed by atoms with van der Waals surface area (Å²) in [6.45, 7) is 5.11. The van der Waals surface area contributed by atoms with Crippen molar-refractivity contribution < 1.29 is 17.9 Å². The zero-order valence-corrected chi connectivity index (χ0v) is 20.0. The number of benzene rings is 3. The molecule has 0 bridgehead atoms. The van der Waals surface area contributed by atoms with E-state index in [2.05, 4.69) is 6.92 Å². The molecule has 0 unspecified atom stereocenters. The predicted octanol–water partition coefficient (Wildman–Crippen LogP) is 8.39. The lowest BCUT2D eigenvalue weighted by molar-refractivity contribution is 0.134. The Labute approximate surface area is 201 Å². The standard InChI is InChI=1S/C30H33F3O/c1-3-34-19-22-9-16-26(28(31)18-22)23-12-6-21(7-13-23)8-14-25-15-17-27(30(33)29(25)32)24-10-4-20(2)5-11-24/h6-7,9,12-13,15-18,20,24H,3-5,8,10-11,14,19H2,1-2H3. The molecule has 0 amide bonds. The Bertz CT molecular complexity index is 1100. The lowest BCUT2D eigenvalue weighted by Crippen LogP contribution is -2.13. The average Bonchev–Trinajstić information content (AvgIpc) is 2.85. The van der Waals surface area contributed by atoms with Crippen molar-refractivity contribution in [1.82, 2.24) is 0 Å². The molecule has 0 spiro atoms. The first kappa shape index (κ1) is 24.5. The van der Waals surface area contributed by atoms with Crippen molar-refractivity contribution in [1.29, 1.82) is 0 Å². The van der Waals surface area contributed by atoms with Crippen LogP contribution >= 0.6 is 0 Å². The summed E-state index contributed by atoms with van der Waals surface area (Å²) in [7, 11) is 0. The van der Waals surface area contributed by atoms with Gasteiger partial charge >= 0.3 is 0 Å². The third kappa shape index (κ3) is 5.72. The van der Waals surface area contributed by atoms with Crippen molar-refractivity contribution in [2.24, 2.45) is 5.92 Å². The van der Waals surface area contributed by atoms with E-state index in [4.69, 9.17) is 4.74 Å². The molecule has 0 N–H and O–H groups in total. The average molecular weight is 467 g/mol. The molecular formula is C30H33F3O. The van der Waals surface area contributed by atoms with E-state index < -0.39 is 11.6 Å². The van der Waals surface area contributed by atoms with Gasteiger partial charge in [0.25, 0.3) is 0 Å². The van der Waals surface area contributed by atoms with Gasteiger partial charge in [-0.25, -0.2) is 13.2 Å². The van der Waals surface area contributed by atoms with Crippen molar-refractivity contribution in [3.05, 3.63) is 94.3 Å². The number of hydrogen-bond acceptors (Lipinski definition) is 1. The van der Waals surface area contributed by atoms with E-state index in [0.29, 0.717) is 48.7 Å². The number of halogens is 3. The van der Waals surface area contributed by atoms with Crippen LogP contribution in [0.4, 0.5) is 13.2 Å². The Balaban J connectivity index is 1.40. The van der Waals surface area contributed by atoms with Crippen molar-refractivity contribution in [3.63, 3.8) is 0 Å². The highest BCUT2D eigenvalue weighted by Crippen LogP contribution is 2.37. The first-order valence-electron chi connectivity index (χ1n) is 12.4. The van der Waals surface area contributed by atoms with Crippen LogP contribution in [0.25, 0.3) is 11.1 Å². The minimum atomic E-state index is -0.707. The van der Waals surface area contributed by atoms with Crippen LogP contribution in [0, 0.1) is 23.4 Å². The highest BCUT2D eigenvalue weighted by atomic mass is 19.2. The molecule has 1 nitrogen and oxygen atoms in total. The molecule has 0 heterocycles. The van der Waals surface area contributed by atoms with Crippen LogP contribution in [0.3, 0.4) is 0 Å². The summed E-state index contributed by atoms with van der Waals surface area (Å²) < 4.78 is 49.5. The zero-order valence-electron chi connectivity index (χ0n) is 20.0. The van der Waals surface area contributed by atoms with Gasteiger partial charge in [-0.2, -0.15) is 0 Å². The van der Waals surface area contributed by atoms with E-state index in [1.165, 1.54) is 6.07 Å². The molecule has 4 heteroatoms. The van der Waals surface area contributed by atoms with Gasteiger partial charge in [0.15, 0.2) is 11.6 Å². The summed E-state index contributed by atoms with van der Waals surface area (Å²) >= 11 is 0. The third-order valence-electron chi connectivity index (χ3n) is 7.10. The predicted molar refractivity (Wildman–Crippen MR) is 131 cm³/mol. The highest BCUT2D eigenvalue weighted by Gasteiger charge is 2.24. The Morgan fingerprint density at radius 2 is 1.50 bits per heavy atom. The number of aryl methyl sites for hydroxylation is 2. The van der Waals surface area contributed by atoms with Gasteiger partial charge in [-0.15, -0.1) is 0 Å². The molecule has 4 rings (SSSR count). The monoisotopic (exact) mass is 466 g/mol. The highest BCUT2D eigenvalue weighted by molar-refractivity contribution is 5.64. The van der Waals surface area contributed by atoms with Crippen molar-refractivity contribution in [2.45, 2.75) is 64.9 Å². The third-order valence-corrected chi connectivity index (χ3v) is 7.10. The fourth-order valence-corrected chi connectivity index (χ4v) is 4.92. The molecule has 0 aromatic heterocycles. The van der Waals surface area contributed by atoms with Crippen LogP contribution in [-0.4, -0.2) is 6.61 Å². The fraction of sp³-hybridized carbons (Fsp3) is 0.400. The number of ether oxygens (including phenoxy) is 1. The first-order chi connectivity index (χ1) is 16.5. The largest absolute Gasteiger partial charge is 0.377 e. The van der Waals surface area contributed by atoms with Gasteiger partial charge in [-0.05, 0) is 78.3 Å². The van der Waals surface area contributed by atoms with Gasteiger partial charge < -0.3 is 4.74 Å². The lowest BCUT2D eigenvalue weighted by Gasteiger charge is -2.27. The van der Waals surface area contributed by atoms with Crippen LogP contribution < -0.4 is 0 Å². The molecule has 1 saturated carbocycles. The van der Waals surface area contributed by atoms with Crippen LogP contribution in [-0.2, 0) is 24.2 Å². The second-order valence-electron chi connectivity index (χ2n) is 9.55. The lowest BCUT2D eigenvalue weighted by atomic mass is 9.79. The molecule has 1 aliphatic carbocycles. The Hall–Kier alpha value is -2.59. The smallest absolute Gasteiger partial charge is 0.162 e. The molecule has 0 saturated heterocycles. The Kier molecular flexibility index (Phi) is 8.10. The number of rotatable bonds is 8. The van der Waals surface area contributed by atoms with Crippen molar-refractivity contribution in [2.75, 3.05) is 6.61 Å². The fourth-order valence-electron chi connectivity index (χ4n) is 4.92. The maximum Gasteiger partial charge on any atom is 0.162 e. The molecule has 34 heavy (non-hydrogen) atoms. The van der Waals surface area contributed by atoms with Gasteiger partial charge in [-0.1, -0.05) is 68.3 Å². The number of hydrogen-bond donors (Lipinski definition) is 0. The maximum atomic E-state index is 14.8. The van der Waals surface area contributed by atoms with Crippen LogP contribution in [0.15, 0.2) is 54.6 Å². The summed E-state index contributed by atoms with van der Waals surface area (Å²) in [6, 6.07) is 16.3. The van der Waals surface area contributed by atoms with E-state index in [1.807, 2.05) is 37.3 Å². The second-order valence-corrected chi connectivity index (χ2v) is 9.55. The molecule has 0 atom stereocenters. The molecule has 0 aliphatic heterocycles. The molecule has 180 valence electrons. The minimum absolute atomic E-state index is 0.126. The van der Waals surface area contributed by atoms with Crippen LogP contribution in [0.5, 0.6) is 0 Å². The summed E-state index contributed by atoms with van der Waals surface area (Å²) in [6.07, 6.45) is 5.02. The van der Waals surface area contributed by atoms with E-state index in [9.17, 15) is 13.2 Å². The summed E-state index contributed by atoms with van der Waals surface area (Å²) in [5.41, 5.74) is 4.07. The van der Waals surface area contributed by atoms with E-state index >= 15 is 0 Å². The van der Waals surface area contributed by atoms with Gasteiger partial charge in [0.2, 0.25) is 0 Å². The first-order valence-corrected chi connectivity index (χ1v) is 12.4. The Morgan fingerprint density at radius 3 is 2.18 bits per heavy atom. The van der Waals surface area contributed by atoms with Crippen molar-refractivity contribution >= 4 is 0 Å². The van der Waals surface area contributed by atoms with E-state index in [1.54, 1.807) is 18.2 Å². The van der Waals surface area contributed by atoms with E-state index in [-0.39, 0.29) is 11.7 Å². The van der Waals surface area contributed by atoms with Crippen molar-refractivity contribution in [3.8, 4) is 11.1 Å². The molecule has 3 aromatic rings. The summed E-state index contributed by atoms with van der Waals surface area (Å²) in [5.74, 6) is -0.861. The molecule has 3 aromatic carbocycles. The second kappa shape index (κ2) is 11.2. The summed E-state index contributed by atoms with van der Waals surface area (Å²) in [4.78, 5) is 0. The van der Waals surface area contributed by atoms with Gasteiger partial charge in [-0.3, -0.25) is 0 Å². The minimum Gasteiger partial charge on any atom is -0.377 e. The van der Waals surface area contributed by atoms with Crippen LogP contribution in [0.2, 0.25) is 0 Å². The molecular weight excluding hydrogens is 433 g/mol. The Morgan fingerprint density at radius 1 is 0.794 bits per heavy atom. The maximum absolute atomic E-state index is 14.8. The molecule has 0 radical (unpaired) electrons. The van der Waals surface area contributed by atoms with Gasteiger partial charge in [0.05, 0.1) is 6.61 Å². The zero-order chi connectivity index (χ0) is 24.1. The molecule has 1 fully saturated rings. The quantitative estimate of drug-likeness (QED) is 0.324. The topological polar surface area (TPSA) is 9.23 Å².